The maximum Gasteiger partial charge on any atom is 0.322 e. The van der Waals surface area contributed by atoms with Crippen molar-refractivity contribution >= 4 is 21.9 Å². The molecule has 2 nitrogen and oxygen atoms in total. The van der Waals surface area contributed by atoms with Crippen LogP contribution in [0.3, 0.4) is 0 Å². The van der Waals surface area contributed by atoms with Gasteiger partial charge in [-0.15, -0.1) is 12.3 Å². The number of hydrogen-bond donors (Lipinski definition) is 0. The Morgan fingerprint density at radius 3 is 2.64 bits per heavy atom. The van der Waals surface area contributed by atoms with Crippen molar-refractivity contribution in [2.24, 2.45) is 0 Å². The Morgan fingerprint density at radius 1 is 1.73 bits per heavy atom. The van der Waals surface area contributed by atoms with Gasteiger partial charge >= 0.3 is 5.97 Å². The molecule has 11 heavy (non-hydrogen) atoms. The van der Waals surface area contributed by atoms with Gasteiger partial charge in [-0.2, -0.15) is 0 Å². The lowest BCUT2D eigenvalue weighted by atomic mass is 10.2. The maximum absolute atomic E-state index is 11.0. The minimum absolute atomic E-state index is 0.284. The van der Waals surface area contributed by atoms with Crippen molar-refractivity contribution in [1.82, 2.24) is 0 Å². The Balaban J connectivity index is 3.64. The first-order valence-electron chi connectivity index (χ1n) is 3.28. The van der Waals surface area contributed by atoms with Gasteiger partial charge in [0.1, 0.15) is 10.9 Å². The van der Waals surface area contributed by atoms with E-state index in [-0.39, 0.29) is 5.97 Å². The zero-order chi connectivity index (χ0) is 8.91. The molecular weight excluding hydrogens is 208 g/mol. The van der Waals surface area contributed by atoms with Crippen LogP contribution in [0.15, 0.2) is 0 Å². The Labute approximate surface area is 75.4 Å². The first kappa shape index (κ1) is 10.5. The summed E-state index contributed by atoms with van der Waals surface area (Å²) in [6.07, 6.45) is 5.44. The number of carbonyl (C=O) groups excluding carboxylic acids is 1. The molecule has 0 N–H and O–H groups in total. The molecule has 62 valence electrons. The van der Waals surface area contributed by atoms with Crippen LogP contribution < -0.4 is 0 Å². The molecule has 0 saturated heterocycles. The first-order valence-corrected chi connectivity index (χ1v) is 4.07. The fourth-order valence-electron chi connectivity index (χ4n) is 0.374. The molecule has 0 bridgehead atoms. The molecule has 0 aliphatic rings. The highest BCUT2D eigenvalue weighted by atomic mass is 79.9. The van der Waals surface area contributed by atoms with Crippen molar-refractivity contribution in [2.75, 3.05) is 6.61 Å². The van der Waals surface area contributed by atoms with E-state index in [2.05, 4.69) is 21.9 Å². The van der Waals surface area contributed by atoms with Crippen molar-refractivity contribution in [3.63, 3.8) is 0 Å². The van der Waals surface area contributed by atoms with Gasteiger partial charge in [0.05, 0.1) is 0 Å². The highest BCUT2D eigenvalue weighted by Gasteiger charge is 2.24. The fraction of sp³-hybridized carbons (Fsp3) is 0.625. The highest BCUT2D eigenvalue weighted by molar-refractivity contribution is 9.10. The minimum atomic E-state index is -0.610. The minimum Gasteiger partial charge on any atom is -0.464 e. The van der Waals surface area contributed by atoms with Crippen LogP contribution in [-0.2, 0) is 9.53 Å². The normalized spacial score (nSPS) is 10.4. The molecule has 0 aliphatic heterocycles. The van der Waals surface area contributed by atoms with E-state index in [0.29, 0.717) is 13.0 Å². The molecule has 0 saturated carbocycles. The van der Waals surface area contributed by atoms with Crippen molar-refractivity contribution in [1.29, 1.82) is 0 Å². The van der Waals surface area contributed by atoms with E-state index < -0.39 is 4.32 Å². The largest absolute Gasteiger partial charge is 0.464 e. The van der Waals surface area contributed by atoms with Crippen molar-refractivity contribution in [2.45, 2.75) is 24.6 Å². The number of terminal acetylenes is 1. The summed E-state index contributed by atoms with van der Waals surface area (Å²) in [6, 6.07) is 0. The monoisotopic (exact) mass is 218 g/mol. The summed E-state index contributed by atoms with van der Waals surface area (Å²) in [5, 5.41) is 0. The summed E-state index contributed by atoms with van der Waals surface area (Å²) >= 11 is 3.17. The van der Waals surface area contributed by atoms with Gasteiger partial charge in [0.2, 0.25) is 0 Å². The molecule has 0 aromatic rings. The molecule has 3 heteroatoms. The first-order chi connectivity index (χ1) is 4.98. The van der Waals surface area contributed by atoms with E-state index in [0.717, 1.165) is 0 Å². The van der Waals surface area contributed by atoms with Gasteiger partial charge < -0.3 is 4.74 Å². The third kappa shape index (κ3) is 4.86. The Hall–Kier alpha value is -0.490. The van der Waals surface area contributed by atoms with E-state index in [9.17, 15) is 4.79 Å². The third-order valence-electron chi connectivity index (χ3n) is 0.965. The van der Waals surface area contributed by atoms with Gasteiger partial charge in [-0.3, -0.25) is 4.79 Å². The van der Waals surface area contributed by atoms with Gasteiger partial charge in [-0.05, 0) is 13.8 Å². The highest BCUT2D eigenvalue weighted by Crippen LogP contribution is 2.17. The van der Waals surface area contributed by atoms with E-state index >= 15 is 0 Å². The lowest BCUT2D eigenvalue weighted by molar-refractivity contribution is -0.145. The van der Waals surface area contributed by atoms with Gasteiger partial charge in [-0.25, -0.2) is 0 Å². The predicted octanol–water partition coefficient (Wildman–Crippen LogP) is 1.73. The molecule has 0 atom stereocenters. The lowest BCUT2D eigenvalue weighted by Crippen LogP contribution is -2.26. The van der Waals surface area contributed by atoms with Crippen LogP contribution in [0.2, 0.25) is 0 Å². The molecule has 0 aromatic heterocycles. The number of carbonyl (C=O) groups is 1. The molecule has 0 spiro atoms. The predicted molar refractivity (Wildman–Crippen MR) is 47.4 cm³/mol. The quantitative estimate of drug-likeness (QED) is 0.312. The summed E-state index contributed by atoms with van der Waals surface area (Å²) in [7, 11) is 0. The summed E-state index contributed by atoms with van der Waals surface area (Å²) < 4.78 is 4.21. The molecule has 0 heterocycles. The lowest BCUT2D eigenvalue weighted by Gasteiger charge is -2.13. The molecular formula is C8H11BrO2. The molecule has 0 aliphatic carbocycles. The summed E-state index contributed by atoms with van der Waals surface area (Å²) in [4.78, 5) is 11.0. The van der Waals surface area contributed by atoms with E-state index in [1.54, 1.807) is 13.8 Å². The van der Waals surface area contributed by atoms with Crippen LogP contribution in [-0.4, -0.2) is 16.9 Å². The van der Waals surface area contributed by atoms with Crippen molar-refractivity contribution < 1.29 is 9.53 Å². The van der Waals surface area contributed by atoms with Gasteiger partial charge in [0.25, 0.3) is 0 Å². The van der Waals surface area contributed by atoms with E-state index in [1.165, 1.54) is 0 Å². The second kappa shape index (κ2) is 4.40. The average Bonchev–Trinajstić information content (AvgIpc) is 1.86. The second-order valence-corrected chi connectivity index (χ2v) is 4.54. The van der Waals surface area contributed by atoms with E-state index in [4.69, 9.17) is 11.2 Å². The van der Waals surface area contributed by atoms with Gasteiger partial charge in [0, 0.05) is 6.42 Å². The SMILES string of the molecule is C#CCCOC(=O)C(C)(C)Br. The van der Waals surface area contributed by atoms with Crippen molar-refractivity contribution in [3.05, 3.63) is 0 Å². The average molecular weight is 219 g/mol. The Bertz CT molecular complexity index is 174. The van der Waals surface area contributed by atoms with Crippen LogP contribution in [0.4, 0.5) is 0 Å². The van der Waals surface area contributed by atoms with E-state index in [1.807, 2.05) is 0 Å². The molecule has 0 aromatic carbocycles. The van der Waals surface area contributed by atoms with Crippen LogP contribution in [0.1, 0.15) is 20.3 Å². The van der Waals surface area contributed by atoms with Crippen LogP contribution in [0.5, 0.6) is 0 Å². The number of rotatable bonds is 3. The van der Waals surface area contributed by atoms with Gasteiger partial charge in [0.15, 0.2) is 0 Å². The third-order valence-corrected chi connectivity index (χ3v) is 1.29. The second-order valence-electron chi connectivity index (χ2n) is 2.56. The number of ether oxygens (including phenoxy) is 1. The maximum atomic E-state index is 11.0. The summed E-state index contributed by atoms with van der Waals surface area (Å²) in [5.41, 5.74) is 0. The Kier molecular flexibility index (Phi) is 4.20. The van der Waals surface area contributed by atoms with Crippen molar-refractivity contribution in [3.8, 4) is 12.3 Å². The molecule has 0 unspecified atom stereocenters. The standard InChI is InChI=1S/C8H11BrO2/c1-4-5-6-11-7(10)8(2,3)9/h1H,5-6H2,2-3H3. The summed E-state index contributed by atoms with van der Waals surface area (Å²) in [5.74, 6) is 2.10. The molecule has 0 fully saturated rings. The Morgan fingerprint density at radius 2 is 2.27 bits per heavy atom. The zero-order valence-corrected chi connectivity index (χ0v) is 8.27. The van der Waals surface area contributed by atoms with Crippen LogP contribution in [0.25, 0.3) is 0 Å². The summed E-state index contributed by atoms with van der Waals surface area (Å²) in [6.45, 7) is 3.75. The van der Waals surface area contributed by atoms with Crippen LogP contribution in [0, 0.1) is 12.3 Å². The number of alkyl halides is 1. The number of hydrogen-bond acceptors (Lipinski definition) is 2. The topological polar surface area (TPSA) is 26.3 Å². The number of halogens is 1. The zero-order valence-electron chi connectivity index (χ0n) is 6.69. The molecule has 0 rings (SSSR count). The molecule has 0 radical (unpaired) electrons. The fourth-order valence-corrected chi connectivity index (χ4v) is 0.489. The van der Waals surface area contributed by atoms with Crippen LogP contribution >= 0.6 is 15.9 Å². The molecule has 0 amide bonds. The number of esters is 1. The van der Waals surface area contributed by atoms with Gasteiger partial charge in [-0.1, -0.05) is 15.9 Å². The smallest absolute Gasteiger partial charge is 0.322 e.